The van der Waals surface area contributed by atoms with Crippen LogP contribution in [-0.2, 0) is 0 Å². The van der Waals surface area contributed by atoms with E-state index in [0.29, 0.717) is 4.71 Å². The second-order valence-electron chi connectivity index (χ2n) is 3.40. The van der Waals surface area contributed by atoms with Crippen LogP contribution in [-0.4, -0.2) is 40.7 Å². The van der Waals surface area contributed by atoms with Gasteiger partial charge in [-0.05, 0) is 6.92 Å². The van der Waals surface area contributed by atoms with Gasteiger partial charge in [-0.2, -0.15) is 0 Å². The molecule has 0 aromatic heterocycles. The summed E-state index contributed by atoms with van der Waals surface area (Å²) in [6, 6.07) is 0. The van der Waals surface area contributed by atoms with Crippen LogP contribution >= 0.6 is 23.5 Å². The normalized spacial score (nSPS) is 36.8. The molecule has 1 heterocycles. The van der Waals surface area contributed by atoms with Gasteiger partial charge in [0.05, 0.1) is 25.1 Å². The van der Waals surface area contributed by atoms with Crippen LogP contribution in [0.4, 0.5) is 0 Å². The van der Waals surface area contributed by atoms with E-state index in [4.69, 9.17) is 5.21 Å². The molecule has 0 spiro atoms. The van der Waals surface area contributed by atoms with Crippen molar-refractivity contribution in [1.29, 1.82) is 0 Å². The molecular formula is C7H15N2OS2+. The van der Waals surface area contributed by atoms with E-state index in [1.807, 2.05) is 23.5 Å². The molecule has 5 heteroatoms. The van der Waals surface area contributed by atoms with Crippen molar-refractivity contribution in [3.8, 4) is 0 Å². The summed E-state index contributed by atoms with van der Waals surface area (Å²) in [4.78, 5) is 1.43. The molecule has 1 fully saturated rings. The number of oxime groups is 1. The maximum atomic E-state index is 8.46. The molecule has 0 aliphatic carbocycles. The fourth-order valence-corrected chi connectivity index (χ4v) is 4.36. The zero-order valence-corrected chi connectivity index (χ0v) is 9.21. The maximum absolute atomic E-state index is 8.46. The van der Waals surface area contributed by atoms with Gasteiger partial charge in [-0.1, -0.05) is 23.5 Å². The first-order valence-electron chi connectivity index (χ1n) is 3.85. The zero-order chi connectivity index (χ0) is 9.19. The highest BCUT2D eigenvalue weighted by Crippen LogP contribution is 2.41. The molecule has 0 amide bonds. The summed E-state index contributed by atoms with van der Waals surface area (Å²) in [5.74, 6) is 1.03. The quantitative estimate of drug-likeness (QED) is 0.383. The smallest absolute Gasteiger partial charge is 0.182 e. The largest absolute Gasteiger partial charge is 0.411 e. The molecule has 2 atom stereocenters. The lowest BCUT2D eigenvalue weighted by atomic mass is 10.2. The lowest BCUT2D eigenvalue weighted by Crippen LogP contribution is -3.08. The Hall–Kier alpha value is 0.130. The highest BCUT2D eigenvalue weighted by molar-refractivity contribution is 8.21. The minimum absolute atomic E-state index is 0.0152. The van der Waals surface area contributed by atoms with Crippen LogP contribution < -0.4 is 4.90 Å². The molecule has 1 aliphatic rings. The third kappa shape index (κ3) is 2.31. The Morgan fingerprint density at radius 1 is 1.67 bits per heavy atom. The Balaban J connectivity index is 2.54. The molecule has 0 aromatic carbocycles. The number of hydrogen-bond acceptors (Lipinski definition) is 4. The van der Waals surface area contributed by atoms with Crippen molar-refractivity contribution in [3.63, 3.8) is 0 Å². The van der Waals surface area contributed by atoms with Gasteiger partial charge in [0.1, 0.15) is 0 Å². The maximum Gasteiger partial charge on any atom is 0.182 e. The molecule has 1 saturated heterocycles. The summed E-state index contributed by atoms with van der Waals surface area (Å²) in [5.41, 5.74) is 0. The monoisotopic (exact) mass is 207 g/mol. The first-order valence-corrected chi connectivity index (χ1v) is 5.78. The van der Waals surface area contributed by atoms with Crippen LogP contribution in [0.25, 0.3) is 0 Å². The Bertz CT molecular complexity index is 186. The van der Waals surface area contributed by atoms with Gasteiger partial charge in [0, 0.05) is 5.75 Å². The van der Waals surface area contributed by atoms with Crippen molar-refractivity contribution in [2.45, 2.75) is 16.4 Å². The van der Waals surface area contributed by atoms with Gasteiger partial charge in [-0.15, -0.1) is 5.16 Å². The van der Waals surface area contributed by atoms with Crippen LogP contribution in [0.2, 0.25) is 0 Å². The van der Waals surface area contributed by atoms with E-state index < -0.39 is 0 Å². The molecule has 0 unspecified atom stereocenters. The Morgan fingerprint density at radius 2 is 2.33 bits per heavy atom. The van der Waals surface area contributed by atoms with Gasteiger partial charge in [0.15, 0.2) is 4.71 Å². The summed E-state index contributed by atoms with van der Waals surface area (Å²) < 4.78 is 0.578. The average Bonchev–Trinajstić information content (AvgIpc) is 2.33. The fraction of sp³-hybridized carbons (Fsp3) is 0.857. The van der Waals surface area contributed by atoms with Gasteiger partial charge in [-0.3, -0.25) is 0 Å². The molecule has 0 radical (unpaired) electrons. The Kier molecular flexibility index (Phi) is 3.31. The summed E-state index contributed by atoms with van der Waals surface area (Å²) in [5, 5.41) is 11.6. The highest BCUT2D eigenvalue weighted by atomic mass is 32.2. The molecular weight excluding hydrogens is 192 g/mol. The van der Waals surface area contributed by atoms with E-state index in [2.05, 4.69) is 26.2 Å². The Morgan fingerprint density at radius 3 is 2.75 bits per heavy atom. The SMILES string of the molecule is C[NH+](C)[C@@H]1SC[C@@](C)(/C=N\O)S1. The first-order chi connectivity index (χ1) is 5.57. The number of hydrogen-bond donors (Lipinski definition) is 2. The summed E-state index contributed by atoms with van der Waals surface area (Å²) in [7, 11) is 4.29. The molecule has 2 N–H and O–H groups in total. The van der Waals surface area contributed by atoms with Gasteiger partial charge in [0.25, 0.3) is 0 Å². The molecule has 0 saturated carbocycles. The minimum atomic E-state index is 0.0152. The van der Waals surface area contributed by atoms with Crippen molar-refractivity contribution < 1.29 is 10.1 Å². The van der Waals surface area contributed by atoms with Crippen molar-refractivity contribution in [1.82, 2.24) is 0 Å². The first kappa shape index (κ1) is 10.2. The molecule has 1 rings (SSSR count). The van der Waals surface area contributed by atoms with E-state index in [-0.39, 0.29) is 4.75 Å². The molecule has 0 bridgehead atoms. The second-order valence-corrected chi connectivity index (χ2v) is 6.43. The molecule has 0 aromatic rings. The van der Waals surface area contributed by atoms with Crippen molar-refractivity contribution in [3.05, 3.63) is 0 Å². The topological polar surface area (TPSA) is 37.0 Å². The standard InChI is InChI=1S/C7H14N2OS2/c1-7(4-8-10)5-11-6(12-7)9(2)3/h4,6,10H,5H2,1-3H3/p+1/b8-4-/t6-,7-/m1/s1. The third-order valence-electron chi connectivity index (χ3n) is 1.70. The Labute approximate surface area is 81.6 Å². The number of nitrogens with zero attached hydrogens (tertiary/aromatic N) is 1. The number of thioether (sulfide) groups is 2. The van der Waals surface area contributed by atoms with Gasteiger partial charge < -0.3 is 10.1 Å². The summed E-state index contributed by atoms with van der Waals surface area (Å²) in [6.45, 7) is 2.10. The molecule has 3 nitrogen and oxygen atoms in total. The predicted octanol–water partition coefficient (Wildman–Crippen LogP) is 0.113. The van der Waals surface area contributed by atoms with Gasteiger partial charge >= 0.3 is 0 Å². The third-order valence-corrected chi connectivity index (χ3v) is 5.59. The van der Waals surface area contributed by atoms with Crippen LogP contribution in [0, 0.1) is 0 Å². The predicted molar refractivity (Wildman–Crippen MR) is 55.3 cm³/mol. The van der Waals surface area contributed by atoms with Crippen molar-refractivity contribution in [2.24, 2.45) is 5.16 Å². The molecule has 1 aliphatic heterocycles. The van der Waals surface area contributed by atoms with Gasteiger partial charge in [0.2, 0.25) is 0 Å². The lowest BCUT2D eigenvalue weighted by molar-refractivity contribution is -0.853. The summed E-state index contributed by atoms with van der Waals surface area (Å²) >= 11 is 3.78. The van der Waals surface area contributed by atoms with E-state index in [1.165, 1.54) is 4.90 Å². The van der Waals surface area contributed by atoms with Crippen LogP contribution in [0.5, 0.6) is 0 Å². The van der Waals surface area contributed by atoms with E-state index in [0.717, 1.165) is 5.75 Å². The van der Waals surface area contributed by atoms with E-state index in [9.17, 15) is 0 Å². The number of rotatable bonds is 2. The highest BCUT2D eigenvalue weighted by Gasteiger charge is 2.39. The minimum Gasteiger partial charge on any atom is -0.411 e. The van der Waals surface area contributed by atoms with Gasteiger partial charge in [-0.25, -0.2) is 0 Å². The van der Waals surface area contributed by atoms with Crippen molar-refractivity contribution in [2.75, 3.05) is 19.8 Å². The van der Waals surface area contributed by atoms with Crippen LogP contribution in [0.3, 0.4) is 0 Å². The van der Waals surface area contributed by atoms with E-state index in [1.54, 1.807) is 6.21 Å². The van der Waals surface area contributed by atoms with Crippen LogP contribution in [0.1, 0.15) is 6.92 Å². The summed E-state index contributed by atoms with van der Waals surface area (Å²) in [6.07, 6.45) is 1.63. The lowest BCUT2D eigenvalue weighted by Gasteiger charge is -2.17. The molecule has 12 heavy (non-hydrogen) atoms. The number of nitrogens with one attached hydrogen (secondary N) is 1. The van der Waals surface area contributed by atoms with Crippen LogP contribution in [0.15, 0.2) is 5.16 Å². The fourth-order valence-electron chi connectivity index (χ4n) is 1.03. The number of quaternary nitrogens is 1. The zero-order valence-electron chi connectivity index (χ0n) is 7.57. The average molecular weight is 207 g/mol. The van der Waals surface area contributed by atoms with E-state index >= 15 is 0 Å². The van der Waals surface area contributed by atoms with Crippen molar-refractivity contribution >= 4 is 29.7 Å². The second kappa shape index (κ2) is 3.89. The molecule has 70 valence electrons.